The molecule has 158 valence electrons. The fourth-order valence-electron chi connectivity index (χ4n) is 4.01. The number of rotatable bonds is 6. The van der Waals surface area contributed by atoms with Gasteiger partial charge in [0.1, 0.15) is 0 Å². The van der Waals surface area contributed by atoms with E-state index in [1.807, 2.05) is 24.5 Å². The Morgan fingerprint density at radius 1 is 1.03 bits per heavy atom. The van der Waals surface area contributed by atoms with Crippen molar-refractivity contribution in [2.24, 2.45) is 0 Å². The van der Waals surface area contributed by atoms with E-state index in [-0.39, 0.29) is 0 Å². The van der Waals surface area contributed by atoms with Crippen LogP contribution in [0.5, 0.6) is 0 Å². The summed E-state index contributed by atoms with van der Waals surface area (Å²) in [5, 5.41) is 5.50. The van der Waals surface area contributed by atoms with E-state index in [0.717, 1.165) is 30.3 Å². The second-order valence-electron chi connectivity index (χ2n) is 8.05. The predicted octanol–water partition coefficient (Wildman–Crippen LogP) is 5.93. The van der Waals surface area contributed by atoms with Crippen molar-refractivity contribution < 1.29 is 0 Å². The summed E-state index contributed by atoms with van der Waals surface area (Å²) in [5.74, 6) is 0. The number of nitrogens with one attached hydrogen (secondary N) is 2. The highest BCUT2D eigenvalue weighted by molar-refractivity contribution is 7.80. The van der Waals surface area contributed by atoms with Gasteiger partial charge in [0.05, 0.1) is 0 Å². The molecule has 0 fully saturated rings. The van der Waals surface area contributed by atoms with E-state index in [2.05, 4.69) is 83.4 Å². The number of hydrogen-bond donors (Lipinski definition) is 2. The monoisotopic (exact) mass is 428 g/mol. The highest BCUT2D eigenvalue weighted by Gasteiger charge is 2.15. The number of H-pyrrole nitrogens is 1. The topological polar surface area (TPSA) is 44.0 Å². The maximum Gasteiger partial charge on any atom is 0.173 e. The Bertz CT molecular complexity index is 1200. The van der Waals surface area contributed by atoms with Gasteiger partial charge in [-0.1, -0.05) is 35.9 Å². The van der Waals surface area contributed by atoms with Crippen LogP contribution in [0.25, 0.3) is 10.9 Å². The Labute approximate surface area is 189 Å². The van der Waals surface area contributed by atoms with E-state index in [0.29, 0.717) is 0 Å². The van der Waals surface area contributed by atoms with Gasteiger partial charge in [0.2, 0.25) is 0 Å². The molecule has 0 aliphatic rings. The van der Waals surface area contributed by atoms with Gasteiger partial charge in [-0.15, -0.1) is 0 Å². The molecule has 5 heteroatoms. The smallest absolute Gasteiger partial charge is 0.173 e. The normalized spacial score (nSPS) is 10.9. The highest BCUT2D eigenvalue weighted by atomic mass is 32.1. The van der Waals surface area contributed by atoms with Crippen LogP contribution in [0.2, 0.25) is 0 Å². The van der Waals surface area contributed by atoms with Crippen molar-refractivity contribution in [3.8, 4) is 0 Å². The lowest BCUT2D eigenvalue weighted by Crippen LogP contribution is -2.36. The number of hydrogen-bond acceptors (Lipinski definition) is 2. The van der Waals surface area contributed by atoms with E-state index < -0.39 is 0 Å². The molecule has 0 saturated heterocycles. The van der Waals surface area contributed by atoms with Crippen LogP contribution < -0.4 is 5.32 Å². The average Bonchev–Trinajstić information content (AvgIpc) is 3.08. The lowest BCUT2D eigenvalue weighted by Gasteiger charge is -2.27. The molecule has 4 rings (SSSR count). The first-order valence-corrected chi connectivity index (χ1v) is 11.0. The van der Waals surface area contributed by atoms with Gasteiger partial charge in [-0.3, -0.25) is 4.98 Å². The van der Waals surface area contributed by atoms with Crippen LogP contribution >= 0.6 is 12.2 Å². The molecule has 0 spiro atoms. The van der Waals surface area contributed by atoms with Crippen molar-refractivity contribution in [3.63, 3.8) is 0 Å². The van der Waals surface area contributed by atoms with Crippen molar-refractivity contribution in [2.75, 3.05) is 11.9 Å². The summed E-state index contributed by atoms with van der Waals surface area (Å²) in [5.41, 5.74) is 8.44. The molecule has 0 aliphatic carbocycles. The fourth-order valence-corrected chi connectivity index (χ4v) is 4.28. The number of benzene rings is 2. The molecule has 0 atom stereocenters. The first kappa shape index (κ1) is 21.1. The first-order chi connectivity index (χ1) is 15.0. The second-order valence-corrected chi connectivity index (χ2v) is 8.44. The predicted molar refractivity (Wildman–Crippen MR) is 134 cm³/mol. The van der Waals surface area contributed by atoms with Gasteiger partial charge >= 0.3 is 0 Å². The molecule has 0 unspecified atom stereocenters. The minimum Gasteiger partial charge on any atom is -0.358 e. The Kier molecular flexibility index (Phi) is 6.33. The minimum atomic E-state index is 0.737. The molecular formula is C26H28N4S. The molecule has 0 saturated carbocycles. The highest BCUT2D eigenvalue weighted by Crippen LogP contribution is 2.23. The number of para-hydroxylation sites is 1. The molecule has 31 heavy (non-hydrogen) atoms. The summed E-state index contributed by atoms with van der Waals surface area (Å²) in [6.45, 7) is 7.92. The van der Waals surface area contributed by atoms with E-state index in [9.17, 15) is 0 Å². The quantitative estimate of drug-likeness (QED) is 0.374. The van der Waals surface area contributed by atoms with Crippen LogP contribution in [0.3, 0.4) is 0 Å². The third-order valence-corrected chi connectivity index (χ3v) is 6.05. The number of pyridine rings is 1. The van der Waals surface area contributed by atoms with Crippen LogP contribution in [0, 0.1) is 20.8 Å². The van der Waals surface area contributed by atoms with Crippen LogP contribution in [-0.2, 0) is 13.0 Å². The van der Waals surface area contributed by atoms with E-state index in [1.54, 1.807) is 0 Å². The maximum absolute atomic E-state index is 5.86. The lowest BCUT2D eigenvalue weighted by molar-refractivity contribution is 0.423. The summed E-state index contributed by atoms with van der Waals surface area (Å²) in [6, 6.07) is 19.0. The molecule has 4 nitrogen and oxygen atoms in total. The third kappa shape index (κ3) is 4.94. The lowest BCUT2D eigenvalue weighted by atomic mass is 10.1. The van der Waals surface area contributed by atoms with E-state index >= 15 is 0 Å². The number of fused-ring (bicyclic) bond motifs is 1. The van der Waals surface area contributed by atoms with Gasteiger partial charge in [-0.05, 0) is 80.4 Å². The van der Waals surface area contributed by atoms with Crippen molar-refractivity contribution in [3.05, 3.63) is 94.9 Å². The zero-order valence-corrected chi connectivity index (χ0v) is 19.1. The molecule has 0 amide bonds. The number of aromatic nitrogens is 2. The van der Waals surface area contributed by atoms with Crippen molar-refractivity contribution in [1.82, 2.24) is 14.9 Å². The van der Waals surface area contributed by atoms with Gasteiger partial charge < -0.3 is 15.2 Å². The van der Waals surface area contributed by atoms with Gasteiger partial charge in [0.25, 0.3) is 0 Å². The SMILES string of the molecule is Cc1ccc(NC(=S)N(CCc2c(C)[nH]c3ccccc23)Cc2ccncc2)c(C)c1. The average molecular weight is 429 g/mol. The van der Waals surface area contributed by atoms with E-state index in [1.165, 1.54) is 38.9 Å². The molecule has 0 bridgehead atoms. The molecule has 0 radical (unpaired) electrons. The summed E-state index contributed by atoms with van der Waals surface area (Å²) >= 11 is 5.86. The largest absolute Gasteiger partial charge is 0.358 e. The van der Waals surface area contributed by atoms with Gasteiger partial charge in [0, 0.05) is 47.8 Å². The number of thiocarbonyl (C=S) groups is 1. The molecule has 0 aliphatic heterocycles. The minimum absolute atomic E-state index is 0.737. The summed E-state index contributed by atoms with van der Waals surface area (Å²) in [4.78, 5) is 9.89. The van der Waals surface area contributed by atoms with Crippen LogP contribution in [-0.4, -0.2) is 26.5 Å². The number of nitrogens with zero attached hydrogens (tertiary/aromatic N) is 2. The van der Waals surface area contributed by atoms with Crippen LogP contribution in [0.1, 0.15) is 27.9 Å². The van der Waals surface area contributed by atoms with Gasteiger partial charge in [-0.2, -0.15) is 0 Å². The van der Waals surface area contributed by atoms with Gasteiger partial charge in [0.15, 0.2) is 5.11 Å². The zero-order chi connectivity index (χ0) is 21.8. The molecular weight excluding hydrogens is 400 g/mol. The number of anilines is 1. The molecule has 2 N–H and O–H groups in total. The third-order valence-electron chi connectivity index (χ3n) is 5.69. The van der Waals surface area contributed by atoms with Crippen molar-refractivity contribution >= 4 is 33.9 Å². The van der Waals surface area contributed by atoms with E-state index in [4.69, 9.17) is 12.2 Å². The van der Waals surface area contributed by atoms with Crippen LogP contribution in [0.4, 0.5) is 5.69 Å². The number of aryl methyl sites for hydroxylation is 3. The maximum atomic E-state index is 5.86. The van der Waals surface area contributed by atoms with Crippen LogP contribution in [0.15, 0.2) is 67.0 Å². The summed E-state index contributed by atoms with van der Waals surface area (Å²) in [7, 11) is 0. The number of aromatic amines is 1. The molecule has 2 aromatic heterocycles. The Morgan fingerprint density at radius 2 is 1.81 bits per heavy atom. The first-order valence-electron chi connectivity index (χ1n) is 10.6. The Morgan fingerprint density at radius 3 is 2.58 bits per heavy atom. The zero-order valence-electron chi connectivity index (χ0n) is 18.3. The Hall–Kier alpha value is -3.18. The van der Waals surface area contributed by atoms with Crippen molar-refractivity contribution in [2.45, 2.75) is 33.7 Å². The molecule has 2 aromatic carbocycles. The molecule has 4 aromatic rings. The second kappa shape index (κ2) is 9.31. The fraction of sp³-hybridized carbons (Fsp3) is 0.231. The van der Waals surface area contributed by atoms with Crippen molar-refractivity contribution in [1.29, 1.82) is 0 Å². The van der Waals surface area contributed by atoms with Gasteiger partial charge in [-0.25, -0.2) is 0 Å². The molecule has 2 heterocycles. The summed E-state index contributed by atoms with van der Waals surface area (Å²) in [6.07, 6.45) is 4.57. The summed E-state index contributed by atoms with van der Waals surface area (Å²) < 4.78 is 0. The Balaban J connectivity index is 1.56. The standard InChI is InChI=1S/C26H28N4S/c1-18-8-9-24(19(2)16-18)29-26(31)30(17-21-10-13-27-14-11-21)15-12-22-20(3)28-25-7-5-4-6-23(22)25/h4-11,13-14,16,28H,12,15,17H2,1-3H3,(H,29,31).